The Kier molecular flexibility index (Phi) is 3.69. The molecule has 0 bridgehead atoms. The highest BCUT2D eigenvalue weighted by Gasteiger charge is 2.12. The van der Waals surface area contributed by atoms with E-state index in [0.717, 1.165) is 17.4 Å². The summed E-state index contributed by atoms with van der Waals surface area (Å²) in [6.45, 7) is 3.80. The Labute approximate surface area is 92.1 Å². The van der Waals surface area contributed by atoms with Gasteiger partial charge in [0.25, 0.3) is 0 Å². The van der Waals surface area contributed by atoms with Crippen molar-refractivity contribution in [3.63, 3.8) is 0 Å². The first-order valence-electron chi connectivity index (χ1n) is 4.49. The van der Waals surface area contributed by atoms with Crippen LogP contribution in [0.1, 0.15) is 30.4 Å². The molecule has 0 aliphatic rings. The van der Waals surface area contributed by atoms with Gasteiger partial charge >= 0.3 is 0 Å². The number of aromatic hydroxyl groups is 1. The predicted molar refractivity (Wildman–Crippen MR) is 59.6 cm³/mol. The van der Waals surface area contributed by atoms with E-state index >= 15 is 0 Å². The van der Waals surface area contributed by atoms with E-state index in [4.69, 9.17) is 0 Å². The Hall–Kier alpha value is -0.830. The maximum atomic E-state index is 10.4. The lowest BCUT2D eigenvalue weighted by molar-refractivity contribution is -0.108. The van der Waals surface area contributed by atoms with Gasteiger partial charge in [0, 0.05) is 6.42 Å². The average Bonchev–Trinajstić information content (AvgIpc) is 2.15. The summed E-state index contributed by atoms with van der Waals surface area (Å²) < 4.78 is 0.701. The summed E-state index contributed by atoms with van der Waals surface area (Å²) >= 11 is 3.34. The molecule has 0 saturated heterocycles. The third-order valence-electron chi connectivity index (χ3n) is 2.33. The topological polar surface area (TPSA) is 37.3 Å². The van der Waals surface area contributed by atoms with Crippen molar-refractivity contribution in [3.8, 4) is 5.75 Å². The van der Waals surface area contributed by atoms with Gasteiger partial charge in [-0.3, -0.25) is 0 Å². The van der Waals surface area contributed by atoms with Crippen molar-refractivity contribution in [2.45, 2.75) is 26.2 Å². The molecule has 0 amide bonds. The number of aldehydes is 1. The molecule has 1 atom stereocenters. The first-order chi connectivity index (χ1) is 6.57. The molecule has 14 heavy (non-hydrogen) atoms. The summed E-state index contributed by atoms with van der Waals surface area (Å²) in [5.74, 6) is 0.397. The van der Waals surface area contributed by atoms with Gasteiger partial charge in [-0.05, 0) is 39.9 Å². The van der Waals surface area contributed by atoms with E-state index in [1.54, 1.807) is 0 Å². The first-order valence-corrected chi connectivity index (χ1v) is 5.28. The second kappa shape index (κ2) is 4.60. The Morgan fingerprint density at radius 3 is 2.79 bits per heavy atom. The monoisotopic (exact) mass is 256 g/mol. The van der Waals surface area contributed by atoms with Crippen LogP contribution in [0.2, 0.25) is 0 Å². The van der Waals surface area contributed by atoms with Crippen LogP contribution in [-0.2, 0) is 4.79 Å². The lowest BCUT2D eigenvalue weighted by Gasteiger charge is -2.13. The summed E-state index contributed by atoms with van der Waals surface area (Å²) in [6.07, 6.45) is 1.37. The van der Waals surface area contributed by atoms with E-state index in [0.29, 0.717) is 10.9 Å². The highest BCUT2D eigenvalue weighted by Crippen LogP contribution is 2.35. The Morgan fingerprint density at radius 2 is 2.21 bits per heavy atom. The number of benzene rings is 1. The number of aryl methyl sites for hydroxylation is 1. The van der Waals surface area contributed by atoms with Crippen molar-refractivity contribution in [2.75, 3.05) is 0 Å². The lowest BCUT2D eigenvalue weighted by Crippen LogP contribution is -1.96. The minimum Gasteiger partial charge on any atom is -0.506 e. The van der Waals surface area contributed by atoms with E-state index in [9.17, 15) is 9.90 Å². The number of phenolic OH excluding ortho intramolecular Hbond substituents is 1. The van der Waals surface area contributed by atoms with Crippen LogP contribution in [0, 0.1) is 6.92 Å². The smallest absolute Gasteiger partial charge is 0.132 e. The van der Waals surface area contributed by atoms with Gasteiger partial charge in [-0.1, -0.05) is 19.1 Å². The highest BCUT2D eigenvalue weighted by atomic mass is 79.9. The third kappa shape index (κ3) is 2.15. The number of hydrogen-bond acceptors (Lipinski definition) is 2. The Bertz CT molecular complexity index is 347. The Balaban J connectivity index is 3.10. The normalized spacial score (nSPS) is 12.5. The molecule has 3 heteroatoms. The van der Waals surface area contributed by atoms with Crippen molar-refractivity contribution in [3.05, 3.63) is 27.7 Å². The van der Waals surface area contributed by atoms with Crippen molar-refractivity contribution in [2.24, 2.45) is 0 Å². The molecule has 1 N–H and O–H groups in total. The zero-order chi connectivity index (χ0) is 10.7. The van der Waals surface area contributed by atoms with E-state index in [-0.39, 0.29) is 11.7 Å². The van der Waals surface area contributed by atoms with Crippen LogP contribution in [0.15, 0.2) is 16.6 Å². The van der Waals surface area contributed by atoms with E-state index in [1.165, 1.54) is 0 Å². The third-order valence-corrected chi connectivity index (χ3v) is 3.16. The summed E-state index contributed by atoms with van der Waals surface area (Å²) in [5, 5.41) is 9.67. The minimum atomic E-state index is 0.133. The fourth-order valence-corrected chi connectivity index (χ4v) is 2.16. The van der Waals surface area contributed by atoms with Crippen molar-refractivity contribution in [1.82, 2.24) is 0 Å². The van der Waals surface area contributed by atoms with Gasteiger partial charge in [0.05, 0.1) is 4.47 Å². The molecule has 0 spiro atoms. The number of rotatable bonds is 3. The maximum absolute atomic E-state index is 10.4. The number of phenols is 1. The van der Waals surface area contributed by atoms with Crippen LogP contribution in [0.25, 0.3) is 0 Å². The second-order valence-electron chi connectivity index (χ2n) is 3.44. The molecule has 1 unspecified atom stereocenters. The first kappa shape index (κ1) is 11.2. The lowest BCUT2D eigenvalue weighted by atomic mass is 9.97. The molecule has 0 aliphatic carbocycles. The van der Waals surface area contributed by atoms with Gasteiger partial charge in [-0.2, -0.15) is 0 Å². The molecule has 0 aliphatic heterocycles. The standard InChI is InChI=1S/C11H13BrO2/c1-7(5-6-13)9-4-3-8(2)11(14)10(9)12/h3-4,6-7,14H,5H2,1-2H3. The molecule has 76 valence electrons. The number of halogens is 1. The molecule has 0 heterocycles. The van der Waals surface area contributed by atoms with Gasteiger partial charge < -0.3 is 9.90 Å². The fourth-order valence-electron chi connectivity index (χ4n) is 1.33. The van der Waals surface area contributed by atoms with Crippen LogP contribution in [0.4, 0.5) is 0 Å². The average molecular weight is 257 g/mol. The molecule has 0 aromatic heterocycles. The molecule has 1 rings (SSSR count). The fraction of sp³-hybridized carbons (Fsp3) is 0.364. The number of hydrogen-bond donors (Lipinski definition) is 1. The van der Waals surface area contributed by atoms with Gasteiger partial charge in [0.15, 0.2) is 0 Å². The predicted octanol–water partition coefficient (Wildman–Crippen LogP) is 3.16. The van der Waals surface area contributed by atoms with Gasteiger partial charge in [0.2, 0.25) is 0 Å². The zero-order valence-electron chi connectivity index (χ0n) is 8.25. The second-order valence-corrected chi connectivity index (χ2v) is 4.23. The van der Waals surface area contributed by atoms with Crippen LogP contribution in [0.5, 0.6) is 5.75 Å². The summed E-state index contributed by atoms with van der Waals surface area (Å²) in [7, 11) is 0. The van der Waals surface area contributed by atoms with E-state index < -0.39 is 0 Å². The molecular formula is C11H13BrO2. The SMILES string of the molecule is Cc1ccc(C(C)CC=O)c(Br)c1O. The molecule has 1 aromatic rings. The minimum absolute atomic E-state index is 0.133. The summed E-state index contributed by atoms with van der Waals surface area (Å²) in [6, 6.07) is 3.80. The maximum Gasteiger partial charge on any atom is 0.132 e. The van der Waals surface area contributed by atoms with E-state index in [2.05, 4.69) is 15.9 Å². The molecule has 1 aromatic carbocycles. The molecule has 0 radical (unpaired) electrons. The van der Waals surface area contributed by atoms with Crippen LogP contribution >= 0.6 is 15.9 Å². The highest BCUT2D eigenvalue weighted by molar-refractivity contribution is 9.10. The summed E-state index contributed by atoms with van der Waals surface area (Å²) in [4.78, 5) is 10.4. The van der Waals surface area contributed by atoms with Crippen LogP contribution in [-0.4, -0.2) is 11.4 Å². The van der Waals surface area contributed by atoms with Gasteiger partial charge in [-0.25, -0.2) is 0 Å². The Morgan fingerprint density at radius 1 is 1.57 bits per heavy atom. The zero-order valence-corrected chi connectivity index (χ0v) is 9.84. The van der Waals surface area contributed by atoms with Gasteiger partial charge in [-0.15, -0.1) is 0 Å². The van der Waals surface area contributed by atoms with Crippen molar-refractivity contribution >= 4 is 22.2 Å². The number of carbonyl (C=O) groups excluding carboxylic acids is 1. The van der Waals surface area contributed by atoms with Crippen LogP contribution in [0.3, 0.4) is 0 Å². The van der Waals surface area contributed by atoms with E-state index in [1.807, 2.05) is 26.0 Å². The molecule has 0 saturated carbocycles. The quantitative estimate of drug-likeness (QED) is 0.844. The molecule has 0 fully saturated rings. The van der Waals surface area contributed by atoms with Crippen molar-refractivity contribution in [1.29, 1.82) is 0 Å². The van der Waals surface area contributed by atoms with Crippen LogP contribution < -0.4 is 0 Å². The van der Waals surface area contributed by atoms with Crippen molar-refractivity contribution < 1.29 is 9.90 Å². The molecule has 2 nitrogen and oxygen atoms in total. The largest absolute Gasteiger partial charge is 0.506 e. The molecular weight excluding hydrogens is 244 g/mol. The number of carbonyl (C=O) groups is 1. The summed E-state index contributed by atoms with van der Waals surface area (Å²) in [5.41, 5.74) is 1.80. The van der Waals surface area contributed by atoms with Gasteiger partial charge in [0.1, 0.15) is 12.0 Å².